The number of esters is 1. The van der Waals surface area contributed by atoms with Crippen LogP contribution in [0.3, 0.4) is 0 Å². The molecule has 6 unspecified atom stereocenters. The van der Waals surface area contributed by atoms with E-state index in [1.54, 1.807) is 24.3 Å². The molecular weight excluding hydrogens is 512 g/mol. The molecule has 3 rings (SSSR count). The predicted octanol–water partition coefficient (Wildman–Crippen LogP) is 1.82. The molecule has 3 N–H and O–H groups in total. The van der Waals surface area contributed by atoms with Crippen molar-refractivity contribution in [1.29, 1.82) is 0 Å². The van der Waals surface area contributed by atoms with Gasteiger partial charge in [-0.25, -0.2) is 13.8 Å². The number of aromatic nitrogens is 2. The van der Waals surface area contributed by atoms with E-state index >= 15 is 4.39 Å². The van der Waals surface area contributed by atoms with Gasteiger partial charge in [0.15, 0.2) is 11.9 Å². The van der Waals surface area contributed by atoms with Crippen LogP contribution in [-0.2, 0) is 23.4 Å². The second-order valence-corrected chi connectivity index (χ2v) is 10.1. The Morgan fingerprint density at radius 2 is 2.08 bits per heavy atom. The third kappa shape index (κ3) is 7.02. The molecule has 14 heteroatoms. The Hall–Kier alpha value is -3.09. The number of aliphatic hydroxyl groups excluding tert-OH is 1. The summed E-state index contributed by atoms with van der Waals surface area (Å²) in [7, 11) is -4.32. The van der Waals surface area contributed by atoms with E-state index in [4.69, 9.17) is 18.5 Å². The summed E-state index contributed by atoms with van der Waals surface area (Å²) in [6, 6.07) is 7.82. The van der Waals surface area contributed by atoms with Crippen molar-refractivity contribution in [2.45, 2.75) is 50.4 Å². The zero-order valence-electron chi connectivity index (χ0n) is 20.2. The maximum atomic E-state index is 15.4. The van der Waals surface area contributed by atoms with Crippen LogP contribution in [0, 0.1) is 0 Å². The van der Waals surface area contributed by atoms with Crippen LogP contribution in [-0.4, -0.2) is 57.8 Å². The maximum absolute atomic E-state index is 15.4. The minimum Gasteiger partial charge on any atom is -0.464 e. The number of nitrogens with zero attached hydrogens (tertiary/aromatic N) is 1. The molecular formula is C23H29FN3O9P. The fourth-order valence-corrected chi connectivity index (χ4v) is 5.00. The standard InChI is InChI=1S/C23H29FN3O9P/c1-4-5-13-33-20(30)15(2)26-37(32,36-16-9-7-6-8-10-16)34-14-17-19(29)23(3,24)21(35-17)27-12-11-18(28)25-22(27)31/h4,6-12,15,17,19,21,29H,1,5,13-14H2,2-3H3,(H,26,32)(H,25,28,31). The molecule has 2 aromatic rings. The Labute approximate surface area is 211 Å². The molecule has 0 amide bonds. The van der Waals surface area contributed by atoms with Crippen LogP contribution in [0.2, 0.25) is 0 Å². The van der Waals surface area contributed by atoms with Gasteiger partial charge < -0.3 is 19.1 Å². The number of alkyl halides is 1. The first-order valence-corrected chi connectivity index (χ1v) is 12.9. The zero-order valence-corrected chi connectivity index (χ0v) is 21.1. The van der Waals surface area contributed by atoms with Gasteiger partial charge in [0.1, 0.15) is 24.0 Å². The molecule has 1 aromatic heterocycles. The molecule has 1 fully saturated rings. The Morgan fingerprint density at radius 1 is 1.38 bits per heavy atom. The number of H-pyrrole nitrogens is 1. The number of benzene rings is 1. The largest absolute Gasteiger partial charge is 0.464 e. The Morgan fingerprint density at radius 3 is 2.73 bits per heavy atom. The van der Waals surface area contributed by atoms with E-state index in [1.165, 1.54) is 19.1 Å². The molecule has 37 heavy (non-hydrogen) atoms. The van der Waals surface area contributed by atoms with Crippen LogP contribution in [0.25, 0.3) is 0 Å². The van der Waals surface area contributed by atoms with E-state index in [1.807, 2.05) is 4.98 Å². The molecule has 1 aliphatic heterocycles. The van der Waals surface area contributed by atoms with E-state index in [0.29, 0.717) is 6.42 Å². The predicted molar refractivity (Wildman–Crippen MR) is 130 cm³/mol. The van der Waals surface area contributed by atoms with Crippen LogP contribution in [0.5, 0.6) is 5.75 Å². The van der Waals surface area contributed by atoms with Gasteiger partial charge in [0.05, 0.1) is 13.2 Å². The molecule has 0 saturated carbocycles. The third-order valence-corrected chi connectivity index (χ3v) is 7.11. The number of aromatic amines is 1. The van der Waals surface area contributed by atoms with Gasteiger partial charge in [0, 0.05) is 12.3 Å². The average molecular weight is 541 g/mol. The molecule has 1 saturated heterocycles. The molecule has 1 aliphatic rings. The van der Waals surface area contributed by atoms with E-state index in [0.717, 1.165) is 23.8 Å². The highest BCUT2D eigenvalue weighted by molar-refractivity contribution is 7.52. The number of nitrogens with one attached hydrogen (secondary N) is 2. The van der Waals surface area contributed by atoms with Crippen LogP contribution in [0.4, 0.5) is 4.39 Å². The highest BCUT2D eigenvalue weighted by atomic mass is 31.2. The second kappa shape index (κ2) is 12.0. The molecule has 0 bridgehead atoms. The van der Waals surface area contributed by atoms with Gasteiger partial charge in [-0.2, -0.15) is 5.09 Å². The van der Waals surface area contributed by atoms with Crippen molar-refractivity contribution in [3.8, 4) is 5.75 Å². The lowest BCUT2D eigenvalue weighted by Gasteiger charge is -2.25. The first-order valence-electron chi connectivity index (χ1n) is 11.4. The van der Waals surface area contributed by atoms with Gasteiger partial charge in [-0.15, -0.1) is 6.58 Å². The van der Waals surface area contributed by atoms with Crippen LogP contribution < -0.4 is 20.9 Å². The maximum Gasteiger partial charge on any atom is 0.459 e. The summed E-state index contributed by atoms with van der Waals surface area (Å²) < 4.78 is 51.4. The number of hydrogen-bond acceptors (Lipinski definition) is 9. The summed E-state index contributed by atoms with van der Waals surface area (Å²) in [5, 5.41) is 13.0. The highest BCUT2D eigenvalue weighted by Gasteiger charge is 2.55. The van der Waals surface area contributed by atoms with Crippen LogP contribution in [0.1, 0.15) is 26.5 Å². The van der Waals surface area contributed by atoms with Crippen molar-refractivity contribution in [2.75, 3.05) is 13.2 Å². The molecule has 202 valence electrons. The Balaban J connectivity index is 1.77. The normalized spacial score (nSPS) is 25.7. The summed E-state index contributed by atoms with van der Waals surface area (Å²) in [5.41, 5.74) is -4.13. The van der Waals surface area contributed by atoms with Crippen molar-refractivity contribution in [1.82, 2.24) is 14.6 Å². The zero-order chi connectivity index (χ0) is 27.2. The molecule has 1 aromatic carbocycles. The van der Waals surface area contributed by atoms with Crippen molar-refractivity contribution in [3.05, 3.63) is 76.1 Å². The van der Waals surface area contributed by atoms with Crippen molar-refractivity contribution in [3.63, 3.8) is 0 Å². The summed E-state index contributed by atoms with van der Waals surface area (Å²) >= 11 is 0. The minimum absolute atomic E-state index is 0.0712. The number of carbonyl (C=O) groups excluding carboxylic acids is 1. The highest BCUT2D eigenvalue weighted by Crippen LogP contribution is 2.47. The van der Waals surface area contributed by atoms with Crippen molar-refractivity contribution >= 4 is 13.7 Å². The number of aliphatic hydroxyl groups is 1. The SMILES string of the molecule is C=CCCOC(=O)C(C)NP(=O)(OCC1OC(n2ccc(=O)[nH]c2=O)C(C)(F)C1O)Oc1ccccc1. The van der Waals surface area contributed by atoms with Gasteiger partial charge in [-0.3, -0.25) is 23.7 Å². The van der Waals surface area contributed by atoms with Crippen molar-refractivity contribution < 1.29 is 37.4 Å². The molecule has 0 aliphatic carbocycles. The summed E-state index contributed by atoms with van der Waals surface area (Å²) in [4.78, 5) is 37.8. The first-order chi connectivity index (χ1) is 17.5. The van der Waals surface area contributed by atoms with E-state index in [-0.39, 0.29) is 12.4 Å². The molecule has 12 nitrogen and oxygen atoms in total. The number of carbonyl (C=O) groups is 1. The van der Waals surface area contributed by atoms with Gasteiger partial charge >= 0.3 is 19.4 Å². The van der Waals surface area contributed by atoms with Crippen molar-refractivity contribution in [2.24, 2.45) is 0 Å². The fraction of sp³-hybridized carbons (Fsp3) is 0.435. The molecule has 0 spiro atoms. The average Bonchev–Trinajstić information content (AvgIpc) is 3.07. The summed E-state index contributed by atoms with van der Waals surface area (Å²) in [5.74, 6) is -0.584. The lowest BCUT2D eigenvalue weighted by molar-refractivity contribution is -0.145. The number of halogens is 1. The molecule has 0 radical (unpaired) electrons. The summed E-state index contributed by atoms with van der Waals surface area (Å²) in [6.45, 7) is 5.36. The number of hydrogen-bond donors (Lipinski definition) is 3. The Kier molecular flexibility index (Phi) is 9.21. The van der Waals surface area contributed by atoms with Crippen LogP contribution >= 0.6 is 7.75 Å². The van der Waals surface area contributed by atoms with E-state index in [9.17, 15) is 24.1 Å². The quantitative estimate of drug-likeness (QED) is 0.157. The Bertz CT molecular complexity index is 1250. The lowest BCUT2D eigenvalue weighted by Crippen LogP contribution is -2.43. The van der Waals surface area contributed by atoms with Gasteiger partial charge in [0.2, 0.25) is 0 Å². The third-order valence-electron chi connectivity index (χ3n) is 5.47. The van der Waals surface area contributed by atoms with Gasteiger partial charge in [-0.05, 0) is 32.4 Å². The minimum atomic E-state index is -4.32. The lowest BCUT2D eigenvalue weighted by atomic mass is 9.98. The smallest absolute Gasteiger partial charge is 0.459 e. The summed E-state index contributed by atoms with van der Waals surface area (Å²) in [6.07, 6.45) is -1.82. The fourth-order valence-electron chi connectivity index (χ4n) is 3.50. The molecule has 2 heterocycles. The first kappa shape index (κ1) is 28.5. The van der Waals surface area contributed by atoms with Crippen LogP contribution in [0.15, 0.2) is 64.8 Å². The number of rotatable bonds is 12. The van der Waals surface area contributed by atoms with Gasteiger partial charge in [0.25, 0.3) is 5.56 Å². The number of para-hydroxylation sites is 1. The monoisotopic (exact) mass is 541 g/mol. The van der Waals surface area contributed by atoms with E-state index < -0.39 is 61.7 Å². The molecule has 6 atom stereocenters. The topological polar surface area (TPSA) is 158 Å². The van der Waals surface area contributed by atoms with E-state index in [2.05, 4.69) is 11.7 Å². The van der Waals surface area contributed by atoms with Gasteiger partial charge in [-0.1, -0.05) is 24.3 Å². The second-order valence-electron chi connectivity index (χ2n) is 8.43. The number of ether oxygens (including phenoxy) is 2.